The van der Waals surface area contributed by atoms with Crippen LogP contribution in [0, 0.1) is 17.2 Å². The number of carbonyl (C=O) groups is 1. The topological polar surface area (TPSA) is 108 Å². The number of amides is 1. The number of carbonyl (C=O) groups excluding carboxylic acids is 1. The highest BCUT2D eigenvalue weighted by Crippen LogP contribution is 2.38. The van der Waals surface area contributed by atoms with Crippen LogP contribution in [0.25, 0.3) is 11.1 Å². The Morgan fingerprint density at radius 2 is 2.18 bits per heavy atom. The van der Waals surface area contributed by atoms with Crippen LogP contribution in [0.4, 0.5) is 15.8 Å². The van der Waals surface area contributed by atoms with Crippen LogP contribution in [0.2, 0.25) is 0 Å². The molecule has 9 heteroatoms. The number of nitrogens with one attached hydrogen (secondary N) is 3. The van der Waals surface area contributed by atoms with Crippen molar-refractivity contribution in [2.24, 2.45) is 13.0 Å². The van der Waals surface area contributed by atoms with Gasteiger partial charge in [0.2, 0.25) is 0 Å². The second-order valence-corrected chi connectivity index (χ2v) is 8.63. The number of hydrogen-bond acceptors (Lipinski definition) is 6. The van der Waals surface area contributed by atoms with Crippen LogP contribution in [0.5, 0.6) is 0 Å². The Bertz CT molecular complexity index is 1250. The molecule has 1 saturated carbocycles. The van der Waals surface area contributed by atoms with E-state index in [9.17, 15) is 14.4 Å². The summed E-state index contributed by atoms with van der Waals surface area (Å²) < 4.78 is 15.4. The molecule has 3 N–H and O–H groups in total. The summed E-state index contributed by atoms with van der Waals surface area (Å²) in [5.41, 5.74) is 4.81. The van der Waals surface area contributed by atoms with Gasteiger partial charge in [0.05, 0.1) is 35.4 Å². The van der Waals surface area contributed by atoms with Crippen LogP contribution >= 0.6 is 0 Å². The normalized spacial score (nSPS) is 21.1. The highest BCUT2D eigenvalue weighted by atomic mass is 19.1. The summed E-state index contributed by atoms with van der Waals surface area (Å²) in [5, 5.41) is 23.2. The Labute approximate surface area is 190 Å². The fourth-order valence-electron chi connectivity index (χ4n) is 4.62. The van der Waals surface area contributed by atoms with Crippen LogP contribution in [0.1, 0.15) is 40.9 Å². The predicted octanol–water partition coefficient (Wildman–Crippen LogP) is 3.59. The summed E-state index contributed by atoms with van der Waals surface area (Å²) >= 11 is 0. The molecule has 0 spiro atoms. The van der Waals surface area contributed by atoms with Gasteiger partial charge in [0, 0.05) is 37.5 Å². The zero-order valence-electron chi connectivity index (χ0n) is 18.2. The van der Waals surface area contributed by atoms with Crippen LogP contribution in [-0.2, 0) is 13.6 Å². The molecule has 1 fully saturated rings. The number of anilines is 2. The predicted molar refractivity (Wildman–Crippen MR) is 122 cm³/mol. The smallest absolute Gasteiger partial charge is 0.272 e. The molecule has 3 heterocycles. The molecule has 1 aliphatic heterocycles. The molecule has 0 bridgehead atoms. The summed E-state index contributed by atoms with van der Waals surface area (Å²) in [7, 11) is 1.83. The molecule has 0 radical (unpaired) electrons. The molecule has 2 aliphatic rings. The van der Waals surface area contributed by atoms with Crippen molar-refractivity contribution in [1.29, 1.82) is 5.26 Å². The van der Waals surface area contributed by atoms with Crippen molar-refractivity contribution in [2.75, 3.05) is 10.6 Å². The van der Waals surface area contributed by atoms with E-state index in [1.165, 1.54) is 0 Å². The lowest BCUT2D eigenvalue weighted by molar-refractivity contribution is 0.0947. The number of fused-ring (bicyclic) bond motifs is 1. The van der Waals surface area contributed by atoms with E-state index >= 15 is 0 Å². The maximum absolute atomic E-state index is 13.7. The molecule has 3 aromatic rings. The number of aromatic nitrogens is 3. The minimum atomic E-state index is -0.760. The standard InChI is InChI=1S/C24H24FN7O/c1-32-13-18(12-29-32)17-7-14(10-26)6-15(8-17)11-28-24(33)22-21-20(4-5-27-22)30-23(31-21)16-2-3-19(25)9-16/h4-8,12-13,16,19,23,30-31H,2-3,9,11H2,1H3,(H,28,33). The van der Waals surface area contributed by atoms with Crippen molar-refractivity contribution in [3.63, 3.8) is 0 Å². The molecule has 2 aromatic heterocycles. The van der Waals surface area contributed by atoms with Crippen molar-refractivity contribution in [3.8, 4) is 17.2 Å². The summed E-state index contributed by atoms with van der Waals surface area (Å²) in [5.74, 6) is -0.148. The number of nitrogens with zero attached hydrogens (tertiary/aromatic N) is 4. The van der Waals surface area contributed by atoms with Gasteiger partial charge in [-0.2, -0.15) is 10.4 Å². The number of benzene rings is 1. The summed E-state index contributed by atoms with van der Waals surface area (Å²) in [6, 6.07) is 9.48. The first kappa shape index (κ1) is 20.9. The van der Waals surface area contributed by atoms with Crippen molar-refractivity contribution in [2.45, 2.75) is 38.1 Å². The maximum atomic E-state index is 13.7. The Kier molecular flexibility index (Phi) is 5.42. The molecule has 1 aromatic carbocycles. The first-order valence-electron chi connectivity index (χ1n) is 11.0. The van der Waals surface area contributed by atoms with Gasteiger partial charge in [-0.05, 0) is 54.7 Å². The number of pyridine rings is 1. The van der Waals surface area contributed by atoms with E-state index in [1.807, 2.05) is 25.4 Å². The first-order chi connectivity index (χ1) is 16.0. The third-order valence-corrected chi connectivity index (χ3v) is 6.27. The number of hydrogen-bond donors (Lipinski definition) is 3. The molecular weight excluding hydrogens is 421 g/mol. The molecule has 3 unspecified atom stereocenters. The van der Waals surface area contributed by atoms with E-state index in [1.54, 1.807) is 29.2 Å². The number of aryl methyl sites for hydroxylation is 1. The number of nitriles is 1. The third-order valence-electron chi connectivity index (χ3n) is 6.27. The minimum Gasteiger partial charge on any atom is -0.363 e. The van der Waals surface area contributed by atoms with Gasteiger partial charge >= 0.3 is 0 Å². The third kappa shape index (κ3) is 4.24. The largest absolute Gasteiger partial charge is 0.363 e. The van der Waals surface area contributed by atoms with E-state index in [4.69, 9.17) is 0 Å². The number of halogens is 1. The SMILES string of the molecule is Cn1cc(-c2cc(C#N)cc(CNC(=O)c3nccc4c3NC(C3CCC(F)C3)N4)c2)cn1. The van der Waals surface area contributed by atoms with Crippen molar-refractivity contribution < 1.29 is 9.18 Å². The molecule has 1 amide bonds. The highest BCUT2D eigenvalue weighted by Gasteiger charge is 2.35. The summed E-state index contributed by atoms with van der Waals surface area (Å²) in [6.45, 7) is 0.246. The fourth-order valence-corrected chi connectivity index (χ4v) is 4.62. The monoisotopic (exact) mass is 445 g/mol. The van der Waals surface area contributed by atoms with Gasteiger partial charge in [0.1, 0.15) is 6.17 Å². The highest BCUT2D eigenvalue weighted by molar-refractivity contribution is 6.01. The number of alkyl halides is 1. The van der Waals surface area contributed by atoms with E-state index < -0.39 is 6.17 Å². The lowest BCUT2D eigenvalue weighted by atomic mass is 10.0. The molecule has 8 nitrogen and oxygen atoms in total. The minimum absolute atomic E-state index is 0.106. The lowest BCUT2D eigenvalue weighted by Crippen LogP contribution is -2.31. The quantitative estimate of drug-likeness (QED) is 0.554. The van der Waals surface area contributed by atoms with Gasteiger partial charge in [0.25, 0.3) is 5.91 Å². The van der Waals surface area contributed by atoms with Crippen LogP contribution < -0.4 is 16.0 Å². The van der Waals surface area contributed by atoms with Crippen molar-refractivity contribution in [3.05, 3.63) is 59.7 Å². The Morgan fingerprint density at radius 3 is 2.91 bits per heavy atom. The molecule has 5 rings (SSSR count). The second-order valence-electron chi connectivity index (χ2n) is 8.63. The average Bonchev–Trinajstić information content (AvgIpc) is 3.56. The van der Waals surface area contributed by atoms with E-state index in [0.717, 1.165) is 28.8 Å². The zero-order chi connectivity index (χ0) is 22.9. The lowest BCUT2D eigenvalue weighted by Gasteiger charge is -2.19. The number of rotatable bonds is 5. The average molecular weight is 446 g/mol. The van der Waals surface area contributed by atoms with Gasteiger partial charge in [0.15, 0.2) is 5.69 Å². The zero-order valence-corrected chi connectivity index (χ0v) is 18.2. The molecular formula is C24H24FN7O. The summed E-state index contributed by atoms with van der Waals surface area (Å²) in [6.07, 6.45) is 6.24. The van der Waals surface area contributed by atoms with E-state index in [0.29, 0.717) is 29.8 Å². The van der Waals surface area contributed by atoms with Crippen LogP contribution in [0.15, 0.2) is 42.9 Å². The Hall–Kier alpha value is -3.93. The van der Waals surface area contributed by atoms with Gasteiger partial charge in [-0.15, -0.1) is 0 Å². The van der Waals surface area contributed by atoms with E-state index in [-0.39, 0.29) is 24.5 Å². The molecule has 3 atom stereocenters. The van der Waals surface area contributed by atoms with Gasteiger partial charge in [-0.3, -0.25) is 9.48 Å². The summed E-state index contributed by atoms with van der Waals surface area (Å²) in [4.78, 5) is 17.3. The van der Waals surface area contributed by atoms with Crippen molar-refractivity contribution >= 4 is 17.3 Å². The Morgan fingerprint density at radius 1 is 1.30 bits per heavy atom. The molecule has 1 aliphatic carbocycles. The molecule has 33 heavy (non-hydrogen) atoms. The molecule has 0 saturated heterocycles. The Balaban J connectivity index is 1.31. The van der Waals surface area contributed by atoms with Crippen LogP contribution in [0.3, 0.4) is 0 Å². The van der Waals surface area contributed by atoms with Gasteiger partial charge < -0.3 is 16.0 Å². The van der Waals surface area contributed by atoms with Gasteiger partial charge in [-0.25, -0.2) is 9.37 Å². The maximum Gasteiger partial charge on any atom is 0.272 e. The first-order valence-corrected chi connectivity index (χ1v) is 11.0. The second kappa shape index (κ2) is 8.54. The molecule has 168 valence electrons. The van der Waals surface area contributed by atoms with Crippen LogP contribution in [-0.4, -0.2) is 33.0 Å². The van der Waals surface area contributed by atoms with Gasteiger partial charge in [-0.1, -0.05) is 0 Å². The van der Waals surface area contributed by atoms with E-state index in [2.05, 4.69) is 32.1 Å². The fraction of sp³-hybridized carbons (Fsp3) is 0.333. The van der Waals surface area contributed by atoms with Crippen molar-refractivity contribution in [1.82, 2.24) is 20.1 Å².